The van der Waals surface area contributed by atoms with Crippen LogP contribution in [0.4, 0.5) is 0 Å². The molecule has 0 spiro atoms. The van der Waals surface area contributed by atoms with Gasteiger partial charge < -0.3 is 9.55 Å². The summed E-state index contributed by atoms with van der Waals surface area (Å²) in [5.74, 6) is 0.944. The van der Waals surface area contributed by atoms with Crippen molar-refractivity contribution in [2.24, 2.45) is 5.92 Å². The van der Waals surface area contributed by atoms with Crippen LogP contribution in [-0.2, 0) is 5.41 Å². The summed E-state index contributed by atoms with van der Waals surface area (Å²) in [6.45, 7) is 9.01. The van der Waals surface area contributed by atoms with Gasteiger partial charge in [0, 0.05) is 23.3 Å². The van der Waals surface area contributed by atoms with Crippen LogP contribution in [0.1, 0.15) is 58.7 Å². The van der Waals surface area contributed by atoms with E-state index in [2.05, 4.69) is 43.4 Å². The van der Waals surface area contributed by atoms with E-state index in [1.807, 2.05) is 0 Å². The molecule has 1 saturated carbocycles. The van der Waals surface area contributed by atoms with Gasteiger partial charge in [0.05, 0.1) is 0 Å². The lowest BCUT2D eigenvalue weighted by Gasteiger charge is -2.24. The van der Waals surface area contributed by atoms with Gasteiger partial charge in [-0.05, 0) is 31.5 Å². The molecule has 1 aromatic rings. The third-order valence-electron chi connectivity index (χ3n) is 3.39. The van der Waals surface area contributed by atoms with Crippen molar-refractivity contribution in [3.8, 4) is 0 Å². The van der Waals surface area contributed by atoms with Crippen LogP contribution in [-0.4, -0.2) is 9.55 Å². The molecule has 1 N–H and O–H groups in total. The van der Waals surface area contributed by atoms with E-state index in [1.165, 1.54) is 25.0 Å². The second-order valence-electron chi connectivity index (χ2n) is 6.13. The smallest absolute Gasteiger partial charge is 0.177 e. The van der Waals surface area contributed by atoms with Gasteiger partial charge in [-0.3, -0.25) is 0 Å². The highest BCUT2D eigenvalue weighted by molar-refractivity contribution is 7.71. The molecule has 1 aliphatic carbocycles. The molecular weight excluding hydrogens is 216 g/mol. The maximum Gasteiger partial charge on any atom is 0.177 e. The Labute approximate surface area is 103 Å². The van der Waals surface area contributed by atoms with Crippen molar-refractivity contribution >= 4 is 12.2 Å². The van der Waals surface area contributed by atoms with Crippen molar-refractivity contribution in [1.82, 2.24) is 9.55 Å². The molecule has 1 heterocycles. The summed E-state index contributed by atoms with van der Waals surface area (Å²) in [6.07, 6.45) is 6.17. The average Bonchev–Trinajstić information content (AvgIpc) is 2.85. The summed E-state index contributed by atoms with van der Waals surface area (Å²) in [7, 11) is 0. The van der Waals surface area contributed by atoms with Crippen LogP contribution < -0.4 is 0 Å². The van der Waals surface area contributed by atoms with E-state index in [0.29, 0.717) is 6.04 Å². The van der Waals surface area contributed by atoms with E-state index in [1.54, 1.807) is 0 Å². The minimum Gasteiger partial charge on any atom is -0.337 e. The molecule has 2 rings (SSSR count). The molecule has 90 valence electrons. The molecule has 1 aromatic heterocycles. The molecule has 0 radical (unpaired) electrons. The van der Waals surface area contributed by atoms with E-state index < -0.39 is 0 Å². The van der Waals surface area contributed by atoms with Gasteiger partial charge in [0.2, 0.25) is 0 Å². The number of hydrogen-bond acceptors (Lipinski definition) is 1. The molecule has 16 heavy (non-hydrogen) atoms. The Kier molecular flexibility index (Phi) is 2.99. The second kappa shape index (κ2) is 4.02. The van der Waals surface area contributed by atoms with Crippen LogP contribution in [0.5, 0.6) is 0 Å². The predicted octanol–water partition coefficient (Wildman–Crippen LogP) is 4.20. The summed E-state index contributed by atoms with van der Waals surface area (Å²) in [5.41, 5.74) is 1.48. The first-order valence-corrected chi connectivity index (χ1v) is 6.61. The van der Waals surface area contributed by atoms with E-state index in [4.69, 9.17) is 12.2 Å². The molecular formula is C13H22N2S. The highest BCUT2D eigenvalue weighted by Crippen LogP contribution is 2.38. The summed E-state index contributed by atoms with van der Waals surface area (Å²) >= 11 is 5.40. The van der Waals surface area contributed by atoms with Gasteiger partial charge in [0.25, 0.3) is 0 Å². The maximum atomic E-state index is 5.40. The lowest BCUT2D eigenvalue weighted by molar-refractivity contribution is 0.424. The van der Waals surface area contributed by atoms with Crippen molar-refractivity contribution in [1.29, 1.82) is 0 Å². The lowest BCUT2D eigenvalue weighted by Crippen LogP contribution is -2.20. The first-order valence-electron chi connectivity index (χ1n) is 6.20. The number of hydrogen-bond donors (Lipinski definition) is 1. The summed E-state index contributed by atoms with van der Waals surface area (Å²) in [4.78, 5) is 3.20. The molecule has 1 atom stereocenters. The van der Waals surface area contributed by atoms with Gasteiger partial charge in [0.15, 0.2) is 4.77 Å². The normalized spacial score (nSPS) is 18.8. The minimum atomic E-state index is 0.158. The highest BCUT2D eigenvalue weighted by atomic mass is 32.1. The van der Waals surface area contributed by atoms with Crippen molar-refractivity contribution in [2.45, 2.75) is 58.4 Å². The monoisotopic (exact) mass is 238 g/mol. The summed E-state index contributed by atoms with van der Waals surface area (Å²) in [6, 6.07) is 0.528. The van der Waals surface area contributed by atoms with E-state index in [9.17, 15) is 0 Å². The number of nitrogens with zero attached hydrogens (tertiary/aromatic N) is 1. The second-order valence-corrected chi connectivity index (χ2v) is 6.51. The number of H-pyrrole nitrogens is 1. The van der Waals surface area contributed by atoms with Crippen molar-refractivity contribution in [2.75, 3.05) is 0 Å². The van der Waals surface area contributed by atoms with Crippen LogP contribution in [0.25, 0.3) is 0 Å². The molecule has 0 aromatic carbocycles. The zero-order valence-electron chi connectivity index (χ0n) is 10.7. The fourth-order valence-electron chi connectivity index (χ4n) is 2.34. The van der Waals surface area contributed by atoms with Gasteiger partial charge in [-0.1, -0.05) is 33.6 Å². The number of rotatable bonds is 3. The van der Waals surface area contributed by atoms with E-state index in [0.717, 1.165) is 10.7 Å². The largest absolute Gasteiger partial charge is 0.337 e. The standard InChI is InChI=1S/C13H22N2S/c1-9(7-10-5-6-10)15-11(13(2,3)4)8-14-12(15)16/h8-10H,5-7H2,1-4H3,(H,14,16). The zero-order chi connectivity index (χ0) is 11.9. The molecule has 0 aliphatic heterocycles. The first-order chi connectivity index (χ1) is 7.39. The Morgan fingerprint density at radius 2 is 2.12 bits per heavy atom. The van der Waals surface area contributed by atoms with Crippen molar-refractivity contribution in [3.63, 3.8) is 0 Å². The van der Waals surface area contributed by atoms with Crippen LogP contribution in [0.3, 0.4) is 0 Å². The Hall–Kier alpha value is -0.570. The van der Waals surface area contributed by atoms with Crippen LogP contribution in [0, 0.1) is 10.7 Å². The zero-order valence-corrected chi connectivity index (χ0v) is 11.5. The summed E-state index contributed by atoms with van der Waals surface area (Å²) in [5, 5.41) is 0. The van der Waals surface area contributed by atoms with E-state index in [-0.39, 0.29) is 5.41 Å². The number of aromatic nitrogens is 2. The molecule has 0 bridgehead atoms. The molecule has 1 aliphatic rings. The Balaban J connectivity index is 2.30. The van der Waals surface area contributed by atoms with Crippen molar-refractivity contribution in [3.05, 3.63) is 16.7 Å². The highest BCUT2D eigenvalue weighted by Gasteiger charge is 2.27. The topological polar surface area (TPSA) is 20.7 Å². The van der Waals surface area contributed by atoms with Gasteiger partial charge >= 0.3 is 0 Å². The summed E-state index contributed by atoms with van der Waals surface area (Å²) < 4.78 is 3.19. The molecule has 1 fully saturated rings. The first kappa shape index (κ1) is 11.9. The third kappa shape index (κ3) is 2.40. The van der Waals surface area contributed by atoms with Crippen LogP contribution >= 0.6 is 12.2 Å². The van der Waals surface area contributed by atoms with Gasteiger partial charge in [0.1, 0.15) is 0 Å². The molecule has 2 nitrogen and oxygen atoms in total. The Morgan fingerprint density at radius 3 is 2.62 bits per heavy atom. The van der Waals surface area contributed by atoms with Crippen LogP contribution in [0.15, 0.2) is 6.20 Å². The SMILES string of the molecule is CC(CC1CC1)n1c(C(C)(C)C)c[nH]c1=S. The molecule has 3 heteroatoms. The lowest BCUT2D eigenvalue weighted by atomic mass is 9.92. The van der Waals surface area contributed by atoms with E-state index >= 15 is 0 Å². The van der Waals surface area contributed by atoms with Gasteiger partial charge in [-0.25, -0.2) is 0 Å². The number of imidazole rings is 1. The minimum absolute atomic E-state index is 0.158. The Morgan fingerprint density at radius 1 is 1.50 bits per heavy atom. The molecule has 1 unspecified atom stereocenters. The van der Waals surface area contributed by atoms with Gasteiger partial charge in [-0.15, -0.1) is 0 Å². The van der Waals surface area contributed by atoms with Crippen molar-refractivity contribution < 1.29 is 0 Å². The average molecular weight is 238 g/mol. The maximum absolute atomic E-state index is 5.40. The van der Waals surface area contributed by atoms with Gasteiger partial charge in [-0.2, -0.15) is 0 Å². The number of nitrogens with one attached hydrogen (secondary N) is 1. The quantitative estimate of drug-likeness (QED) is 0.783. The number of aromatic amines is 1. The third-order valence-corrected chi connectivity index (χ3v) is 3.71. The fourth-order valence-corrected chi connectivity index (χ4v) is 2.67. The molecule has 0 saturated heterocycles. The Bertz CT molecular complexity index is 418. The fraction of sp³-hybridized carbons (Fsp3) is 0.769. The molecule has 0 amide bonds. The van der Waals surface area contributed by atoms with Crippen LogP contribution in [0.2, 0.25) is 0 Å². The predicted molar refractivity (Wildman–Crippen MR) is 70.4 cm³/mol.